The van der Waals surface area contributed by atoms with Crippen molar-refractivity contribution in [1.29, 1.82) is 0 Å². The number of aromatic nitrogens is 2. The van der Waals surface area contributed by atoms with Crippen molar-refractivity contribution in [3.63, 3.8) is 0 Å². The Kier molecular flexibility index (Phi) is 4.06. The highest BCUT2D eigenvalue weighted by atomic mass is 16.5. The van der Waals surface area contributed by atoms with E-state index in [4.69, 9.17) is 4.74 Å². The van der Waals surface area contributed by atoms with Crippen LogP contribution in [0.25, 0.3) is 5.65 Å². The maximum atomic E-state index is 12.0. The van der Waals surface area contributed by atoms with Crippen LogP contribution >= 0.6 is 0 Å². The molecule has 1 aliphatic rings. The standard InChI is InChI=1S/C15H20N4O2/c1-12-10-19(8-9-21-12)15(20)16-6-5-13-11-18-7-3-2-4-14(18)17-13/h2-4,7,11-12H,5-6,8-10H2,1H3,(H,16,20)/t12-/m0/s1. The first-order valence-corrected chi connectivity index (χ1v) is 7.29. The second kappa shape index (κ2) is 6.13. The Morgan fingerprint density at radius 2 is 2.43 bits per heavy atom. The molecule has 2 aromatic heterocycles. The van der Waals surface area contributed by atoms with Gasteiger partial charge in [-0.2, -0.15) is 0 Å². The number of ether oxygens (including phenoxy) is 1. The maximum absolute atomic E-state index is 12.0. The maximum Gasteiger partial charge on any atom is 0.317 e. The topological polar surface area (TPSA) is 58.9 Å². The molecule has 0 unspecified atom stereocenters. The van der Waals surface area contributed by atoms with Crippen LogP contribution in [0, 0.1) is 0 Å². The average Bonchev–Trinajstić information content (AvgIpc) is 2.89. The van der Waals surface area contributed by atoms with Crippen LogP contribution in [-0.4, -0.2) is 52.7 Å². The second-order valence-corrected chi connectivity index (χ2v) is 5.31. The lowest BCUT2D eigenvalue weighted by Gasteiger charge is -2.31. The highest BCUT2D eigenvalue weighted by Gasteiger charge is 2.20. The number of hydrogen-bond acceptors (Lipinski definition) is 3. The summed E-state index contributed by atoms with van der Waals surface area (Å²) in [5, 5.41) is 2.95. The number of urea groups is 1. The van der Waals surface area contributed by atoms with Gasteiger partial charge in [-0.1, -0.05) is 6.07 Å². The lowest BCUT2D eigenvalue weighted by Crippen LogP contribution is -2.49. The van der Waals surface area contributed by atoms with Gasteiger partial charge >= 0.3 is 6.03 Å². The normalized spacial score (nSPS) is 18.9. The minimum Gasteiger partial charge on any atom is -0.375 e. The van der Waals surface area contributed by atoms with Crippen LogP contribution in [0.1, 0.15) is 12.6 Å². The van der Waals surface area contributed by atoms with Crippen LogP contribution in [0.5, 0.6) is 0 Å². The Bertz CT molecular complexity index is 592. The average molecular weight is 288 g/mol. The number of nitrogens with one attached hydrogen (secondary N) is 1. The molecule has 6 heteroatoms. The van der Waals surface area contributed by atoms with E-state index >= 15 is 0 Å². The van der Waals surface area contributed by atoms with Crippen LogP contribution in [0.3, 0.4) is 0 Å². The van der Waals surface area contributed by atoms with Crippen molar-refractivity contribution in [2.75, 3.05) is 26.2 Å². The third kappa shape index (κ3) is 3.33. The van der Waals surface area contributed by atoms with Crippen molar-refractivity contribution in [2.24, 2.45) is 0 Å². The molecule has 2 amide bonds. The molecule has 3 heterocycles. The molecule has 0 spiro atoms. The third-order valence-electron chi connectivity index (χ3n) is 3.60. The molecule has 6 nitrogen and oxygen atoms in total. The summed E-state index contributed by atoms with van der Waals surface area (Å²) in [7, 11) is 0. The van der Waals surface area contributed by atoms with Gasteiger partial charge in [0.2, 0.25) is 0 Å². The summed E-state index contributed by atoms with van der Waals surface area (Å²) < 4.78 is 7.42. The molecule has 1 fully saturated rings. The SMILES string of the molecule is C[C@H]1CN(C(=O)NCCc2cn3ccccc3n2)CCO1. The number of imidazole rings is 1. The number of carbonyl (C=O) groups excluding carboxylic acids is 1. The first-order chi connectivity index (χ1) is 10.2. The smallest absolute Gasteiger partial charge is 0.317 e. The van der Waals surface area contributed by atoms with Gasteiger partial charge in [-0.25, -0.2) is 9.78 Å². The summed E-state index contributed by atoms with van der Waals surface area (Å²) >= 11 is 0. The molecule has 1 aliphatic heterocycles. The summed E-state index contributed by atoms with van der Waals surface area (Å²) in [6, 6.07) is 5.89. The van der Waals surface area contributed by atoms with E-state index < -0.39 is 0 Å². The van der Waals surface area contributed by atoms with Crippen molar-refractivity contribution in [3.8, 4) is 0 Å². The Balaban J connectivity index is 1.50. The molecule has 1 saturated heterocycles. The molecule has 3 rings (SSSR count). The minimum atomic E-state index is -0.0195. The molecule has 1 atom stereocenters. The fraction of sp³-hybridized carbons (Fsp3) is 0.467. The van der Waals surface area contributed by atoms with Crippen LogP contribution in [-0.2, 0) is 11.2 Å². The van der Waals surface area contributed by atoms with Gasteiger partial charge in [-0.05, 0) is 19.1 Å². The quantitative estimate of drug-likeness (QED) is 0.926. The van der Waals surface area contributed by atoms with Gasteiger partial charge in [0, 0.05) is 38.4 Å². The number of nitrogens with zero attached hydrogens (tertiary/aromatic N) is 3. The van der Waals surface area contributed by atoms with E-state index in [0.717, 1.165) is 17.8 Å². The Morgan fingerprint density at radius 1 is 1.52 bits per heavy atom. The molecule has 21 heavy (non-hydrogen) atoms. The lowest BCUT2D eigenvalue weighted by molar-refractivity contribution is -0.00343. The lowest BCUT2D eigenvalue weighted by atomic mass is 10.3. The molecule has 0 aliphatic carbocycles. The van der Waals surface area contributed by atoms with Gasteiger partial charge in [0.25, 0.3) is 0 Å². The fourth-order valence-corrected chi connectivity index (χ4v) is 2.52. The van der Waals surface area contributed by atoms with Gasteiger partial charge in [0.05, 0.1) is 18.4 Å². The predicted octanol–water partition coefficient (Wildman–Crippen LogP) is 1.31. The van der Waals surface area contributed by atoms with E-state index in [-0.39, 0.29) is 12.1 Å². The van der Waals surface area contributed by atoms with Crippen molar-refractivity contribution < 1.29 is 9.53 Å². The van der Waals surface area contributed by atoms with E-state index in [1.165, 1.54) is 0 Å². The number of morpholine rings is 1. The number of rotatable bonds is 3. The zero-order valence-electron chi connectivity index (χ0n) is 12.2. The van der Waals surface area contributed by atoms with Gasteiger partial charge in [0.1, 0.15) is 5.65 Å². The summed E-state index contributed by atoms with van der Waals surface area (Å²) in [6.07, 6.45) is 4.81. The van der Waals surface area contributed by atoms with E-state index in [9.17, 15) is 4.79 Å². The van der Waals surface area contributed by atoms with E-state index in [1.807, 2.05) is 41.9 Å². The first-order valence-electron chi connectivity index (χ1n) is 7.29. The van der Waals surface area contributed by atoms with Crippen LogP contribution < -0.4 is 5.32 Å². The van der Waals surface area contributed by atoms with Gasteiger partial charge in [-0.3, -0.25) is 0 Å². The van der Waals surface area contributed by atoms with Crippen molar-refractivity contribution in [2.45, 2.75) is 19.4 Å². The van der Waals surface area contributed by atoms with Gasteiger partial charge < -0.3 is 19.4 Å². The van der Waals surface area contributed by atoms with Crippen LogP contribution in [0.15, 0.2) is 30.6 Å². The largest absolute Gasteiger partial charge is 0.375 e. The summed E-state index contributed by atoms with van der Waals surface area (Å²) in [5.74, 6) is 0. The monoisotopic (exact) mass is 288 g/mol. The molecule has 0 radical (unpaired) electrons. The molecular formula is C15H20N4O2. The van der Waals surface area contributed by atoms with Gasteiger partial charge in [-0.15, -0.1) is 0 Å². The van der Waals surface area contributed by atoms with Crippen molar-refractivity contribution >= 4 is 11.7 Å². The molecule has 0 saturated carbocycles. The summed E-state index contributed by atoms with van der Waals surface area (Å²) in [5.41, 5.74) is 1.91. The zero-order valence-corrected chi connectivity index (χ0v) is 12.2. The molecule has 0 bridgehead atoms. The second-order valence-electron chi connectivity index (χ2n) is 5.31. The summed E-state index contributed by atoms with van der Waals surface area (Å²) in [6.45, 7) is 4.50. The summed E-state index contributed by atoms with van der Waals surface area (Å²) in [4.78, 5) is 18.4. The van der Waals surface area contributed by atoms with Crippen molar-refractivity contribution in [3.05, 3.63) is 36.3 Å². The molecule has 2 aromatic rings. The van der Waals surface area contributed by atoms with E-state index in [0.29, 0.717) is 26.2 Å². The predicted molar refractivity (Wildman–Crippen MR) is 79.3 cm³/mol. The Morgan fingerprint density at radius 3 is 3.24 bits per heavy atom. The number of pyridine rings is 1. The molecule has 112 valence electrons. The molecule has 0 aromatic carbocycles. The fourth-order valence-electron chi connectivity index (χ4n) is 2.52. The highest BCUT2D eigenvalue weighted by Crippen LogP contribution is 2.06. The Labute approximate surface area is 123 Å². The highest BCUT2D eigenvalue weighted by molar-refractivity contribution is 5.74. The molecule has 1 N–H and O–H groups in total. The van der Waals surface area contributed by atoms with Crippen molar-refractivity contribution in [1.82, 2.24) is 19.6 Å². The third-order valence-corrected chi connectivity index (χ3v) is 3.60. The zero-order chi connectivity index (χ0) is 14.7. The van der Waals surface area contributed by atoms with Gasteiger partial charge in [0.15, 0.2) is 0 Å². The van der Waals surface area contributed by atoms with Crippen LogP contribution in [0.2, 0.25) is 0 Å². The van der Waals surface area contributed by atoms with Crippen LogP contribution in [0.4, 0.5) is 4.79 Å². The number of carbonyl (C=O) groups is 1. The first kappa shape index (κ1) is 13.9. The number of hydrogen-bond donors (Lipinski definition) is 1. The number of fused-ring (bicyclic) bond motifs is 1. The van der Waals surface area contributed by atoms with E-state index in [2.05, 4.69) is 10.3 Å². The number of amides is 2. The van der Waals surface area contributed by atoms with E-state index in [1.54, 1.807) is 4.90 Å². The Hall–Kier alpha value is -2.08. The molecular weight excluding hydrogens is 268 g/mol. The minimum absolute atomic E-state index is 0.0195.